The number of nitrogens with zero attached hydrogens (tertiary/aromatic N) is 2. The molecule has 0 aliphatic carbocycles. The molecule has 5 rings (SSSR count). The van der Waals surface area contributed by atoms with Crippen LogP contribution in [0.2, 0.25) is 0 Å². The van der Waals surface area contributed by atoms with Gasteiger partial charge in [-0.1, -0.05) is 36.4 Å². The van der Waals surface area contributed by atoms with Crippen LogP contribution in [0.4, 0.5) is 4.39 Å². The van der Waals surface area contributed by atoms with E-state index in [9.17, 15) is 9.18 Å². The van der Waals surface area contributed by atoms with E-state index in [0.717, 1.165) is 26.5 Å². The number of carbonyl (C=O) groups excluding carboxylic acids is 1. The number of aromatic nitrogens is 1. The monoisotopic (exact) mass is 463 g/mol. The first-order valence-electron chi connectivity index (χ1n) is 11.2. The summed E-state index contributed by atoms with van der Waals surface area (Å²) < 4.78 is 19.8. The molecule has 33 heavy (non-hydrogen) atoms. The van der Waals surface area contributed by atoms with Gasteiger partial charge >= 0.3 is 0 Å². The average Bonchev–Trinajstić information content (AvgIpc) is 3.45. The Kier molecular flexibility index (Phi) is 6.24. The molecule has 4 aromatic rings. The maximum atomic E-state index is 14.4. The topological polar surface area (TPSA) is 58.4 Å². The van der Waals surface area contributed by atoms with Crippen molar-refractivity contribution in [2.45, 2.75) is 38.5 Å². The van der Waals surface area contributed by atoms with E-state index in [1.165, 1.54) is 0 Å². The molecule has 1 aliphatic rings. The van der Waals surface area contributed by atoms with Crippen molar-refractivity contribution >= 4 is 28.2 Å². The van der Waals surface area contributed by atoms with Crippen molar-refractivity contribution in [2.24, 2.45) is 0 Å². The number of thiazole rings is 1. The Morgan fingerprint density at radius 3 is 2.88 bits per heavy atom. The normalized spacial score (nSPS) is 19.1. The van der Waals surface area contributed by atoms with Crippen LogP contribution in [0.3, 0.4) is 0 Å². The number of carbonyl (C=O) groups is 1. The van der Waals surface area contributed by atoms with Crippen LogP contribution in [0.15, 0.2) is 65.3 Å². The van der Waals surface area contributed by atoms with Gasteiger partial charge in [0.15, 0.2) is 0 Å². The van der Waals surface area contributed by atoms with Crippen LogP contribution in [0, 0.1) is 6.92 Å². The number of aryl methyl sites for hydroxylation is 1. The molecule has 1 N–H and O–H groups in total. The predicted octanol–water partition coefficient (Wildman–Crippen LogP) is 5.60. The zero-order valence-electron chi connectivity index (χ0n) is 18.5. The van der Waals surface area contributed by atoms with Gasteiger partial charge in [-0.2, -0.15) is 0 Å². The van der Waals surface area contributed by atoms with Crippen molar-refractivity contribution in [1.82, 2.24) is 15.2 Å². The third kappa shape index (κ3) is 4.70. The average molecular weight is 464 g/mol. The number of halogens is 1. The fourth-order valence-electron chi connectivity index (χ4n) is 4.56. The quantitative estimate of drug-likeness (QED) is 0.405. The van der Waals surface area contributed by atoms with Gasteiger partial charge in [0.25, 0.3) is 5.91 Å². The molecule has 170 valence electrons. The second kappa shape index (κ2) is 9.45. The van der Waals surface area contributed by atoms with E-state index >= 15 is 0 Å². The van der Waals surface area contributed by atoms with Crippen molar-refractivity contribution < 1.29 is 13.6 Å². The first-order chi connectivity index (χ1) is 16.1. The van der Waals surface area contributed by atoms with E-state index in [4.69, 9.17) is 9.40 Å². The molecule has 2 atom stereocenters. The fourth-order valence-corrected chi connectivity index (χ4v) is 5.49. The standard InChI is InChI=1S/C26H26FN3O2S/c1-17-29-23(25(33-17)18-6-3-2-4-7-18)16-30-15-19(27)10-11-20(30)14-28-26(31)22-8-5-9-24-21(22)12-13-32-24/h2-9,12-13,19-20H,10-11,14-16H2,1H3,(H,28,31). The maximum Gasteiger partial charge on any atom is 0.252 e. The van der Waals surface area contributed by atoms with Gasteiger partial charge in [-0.05, 0) is 43.5 Å². The zero-order chi connectivity index (χ0) is 22.8. The second-order valence-electron chi connectivity index (χ2n) is 8.48. The van der Waals surface area contributed by atoms with Gasteiger partial charge in [0.2, 0.25) is 0 Å². The van der Waals surface area contributed by atoms with Crippen molar-refractivity contribution in [3.8, 4) is 10.4 Å². The molecular formula is C26H26FN3O2S. The predicted molar refractivity (Wildman–Crippen MR) is 129 cm³/mol. The number of fused-ring (bicyclic) bond motifs is 1. The highest BCUT2D eigenvalue weighted by Crippen LogP contribution is 2.32. The fraction of sp³-hybridized carbons (Fsp3) is 0.308. The minimum absolute atomic E-state index is 0.0510. The largest absolute Gasteiger partial charge is 0.464 e. The summed E-state index contributed by atoms with van der Waals surface area (Å²) in [4.78, 5) is 20.9. The van der Waals surface area contributed by atoms with E-state index in [1.807, 2.05) is 37.3 Å². The number of benzene rings is 2. The molecule has 0 bridgehead atoms. The highest BCUT2D eigenvalue weighted by Gasteiger charge is 2.30. The molecule has 5 nitrogen and oxygen atoms in total. The van der Waals surface area contributed by atoms with Crippen LogP contribution >= 0.6 is 11.3 Å². The van der Waals surface area contributed by atoms with Gasteiger partial charge in [-0.25, -0.2) is 9.37 Å². The number of alkyl halides is 1. The van der Waals surface area contributed by atoms with E-state index in [2.05, 4.69) is 22.3 Å². The molecule has 1 fully saturated rings. The zero-order valence-corrected chi connectivity index (χ0v) is 19.3. The van der Waals surface area contributed by atoms with Gasteiger partial charge in [-0.15, -0.1) is 11.3 Å². The number of nitrogens with one attached hydrogen (secondary N) is 1. The first kappa shape index (κ1) is 21.8. The van der Waals surface area contributed by atoms with Crippen molar-refractivity contribution in [2.75, 3.05) is 13.1 Å². The van der Waals surface area contributed by atoms with Crippen LogP contribution < -0.4 is 5.32 Å². The molecule has 2 unspecified atom stereocenters. The summed E-state index contributed by atoms with van der Waals surface area (Å²) in [5.41, 5.74) is 3.38. The highest BCUT2D eigenvalue weighted by atomic mass is 32.1. The molecule has 0 saturated carbocycles. The molecule has 3 heterocycles. The molecule has 0 radical (unpaired) electrons. The summed E-state index contributed by atoms with van der Waals surface area (Å²) >= 11 is 1.67. The second-order valence-corrected chi connectivity index (χ2v) is 9.68. The Balaban J connectivity index is 1.32. The maximum absolute atomic E-state index is 14.4. The molecule has 7 heteroatoms. The van der Waals surface area contributed by atoms with E-state index in [0.29, 0.717) is 43.6 Å². The summed E-state index contributed by atoms with van der Waals surface area (Å²) in [7, 11) is 0. The number of amides is 1. The van der Waals surface area contributed by atoms with Crippen LogP contribution in [0.25, 0.3) is 21.4 Å². The summed E-state index contributed by atoms with van der Waals surface area (Å²) in [5.74, 6) is -0.140. The van der Waals surface area contributed by atoms with Crippen molar-refractivity contribution in [3.63, 3.8) is 0 Å². The number of hydrogen-bond donors (Lipinski definition) is 1. The molecule has 2 aromatic heterocycles. The SMILES string of the molecule is Cc1nc(CN2CC(F)CCC2CNC(=O)c2cccc3occc23)c(-c2ccccc2)s1. The van der Waals surface area contributed by atoms with Crippen molar-refractivity contribution in [1.29, 1.82) is 0 Å². The minimum Gasteiger partial charge on any atom is -0.464 e. The van der Waals surface area contributed by atoms with Gasteiger partial charge in [-0.3, -0.25) is 9.69 Å². The van der Waals surface area contributed by atoms with Gasteiger partial charge in [0.05, 0.1) is 27.4 Å². The molecular weight excluding hydrogens is 437 g/mol. The lowest BCUT2D eigenvalue weighted by Crippen LogP contribution is -2.49. The van der Waals surface area contributed by atoms with E-state index < -0.39 is 6.17 Å². The van der Waals surface area contributed by atoms with Crippen LogP contribution in [-0.4, -0.2) is 41.1 Å². The van der Waals surface area contributed by atoms with Gasteiger partial charge in [0, 0.05) is 31.1 Å². The summed E-state index contributed by atoms with van der Waals surface area (Å²) in [6, 6.07) is 17.5. The lowest BCUT2D eigenvalue weighted by molar-refractivity contribution is 0.0718. The number of furan rings is 1. The van der Waals surface area contributed by atoms with Gasteiger partial charge < -0.3 is 9.73 Å². The lowest BCUT2D eigenvalue weighted by atomic mass is 9.99. The third-order valence-corrected chi connectivity index (χ3v) is 7.26. The molecule has 2 aromatic carbocycles. The Morgan fingerprint density at radius 2 is 2.03 bits per heavy atom. The number of likely N-dealkylation sites (tertiary alicyclic amines) is 1. The number of piperidine rings is 1. The Bertz CT molecular complexity index is 1250. The van der Waals surface area contributed by atoms with Crippen LogP contribution in [0.1, 0.15) is 33.9 Å². The third-order valence-electron chi connectivity index (χ3n) is 6.19. The van der Waals surface area contributed by atoms with Crippen LogP contribution in [0.5, 0.6) is 0 Å². The number of rotatable bonds is 6. The van der Waals surface area contributed by atoms with Crippen molar-refractivity contribution in [3.05, 3.63) is 77.1 Å². The number of hydrogen-bond acceptors (Lipinski definition) is 5. The molecule has 0 spiro atoms. The smallest absolute Gasteiger partial charge is 0.252 e. The summed E-state index contributed by atoms with van der Waals surface area (Å²) in [6.45, 7) is 3.38. The molecule has 1 aliphatic heterocycles. The Hall–Kier alpha value is -3.03. The van der Waals surface area contributed by atoms with Gasteiger partial charge in [0.1, 0.15) is 11.8 Å². The van der Waals surface area contributed by atoms with E-state index in [1.54, 1.807) is 29.7 Å². The Morgan fingerprint density at radius 1 is 1.18 bits per heavy atom. The molecule has 1 amide bonds. The minimum atomic E-state index is -0.864. The van der Waals surface area contributed by atoms with Crippen LogP contribution in [-0.2, 0) is 6.54 Å². The first-order valence-corrected chi connectivity index (χ1v) is 12.0. The Labute approximate surface area is 196 Å². The van der Waals surface area contributed by atoms with E-state index in [-0.39, 0.29) is 11.9 Å². The lowest BCUT2D eigenvalue weighted by Gasteiger charge is -2.37. The summed E-state index contributed by atoms with van der Waals surface area (Å²) in [6.07, 6.45) is 1.93. The molecule has 1 saturated heterocycles. The highest BCUT2D eigenvalue weighted by molar-refractivity contribution is 7.15. The summed E-state index contributed by atoms with van der Waals surface area (Å²) in [5, 5.41) is 4.86.